The van der Waals surface area contributed by atoms with E-state index in [2.05, 4.69) is 15.5 Å². The second-order valence-corrected chi connectivity index (χ2v) is 10.9. The van der Waals surface area contributed by atoms with Crippen LogP contribution in [0.5, 0.6) is 0 Å². The van der Waals surface area contributed by atoms with Crippen LogP contribution in [0.15, 0.2) is 39.8 Å². The van der Waals surface area contributed by atoms with Gasteiger partial charge in [-0.15, -0.1) is 11.3 Å². The summed E-state index contributed by atoms with van der Waals surface area (Å²) in [6.45, 7) is 6.04. The van der Waals surface area contributed by atoms with Gasteiger partial charge in [0.15, 0.2) is 0 Å². The van der Waals surface area contributed by atoms with Crippen molar-refractivity contribution < 1.29 is 17.7 Å². The molecule has 10 heteroatoms. The van der Waals surface area contributed by atoms with E-state index in [1.165, 1.54) is 15.6 Å². The minimum atomic E-state index is -3.66. The van der Waals surface area contributed by atoms with Crippen LogP contribution < -0.4 is 5.32 Å². The van der Waals surface area contributed by atoms with Crippen LogP contribution in [-0.2, 0) is 14.8 Å². The van der Waals surface area contributed by atoms with Gasteiger partial charge >= 0.3 is 0 Å². The largest absolute Gasteiger partial charge is 0.339 e. The standard InChI is InChI=1S/C21H24N4O4S2/c1-13-5-4-6-17(11-13)23-21(26)16-7-9-25(10-8-16)31(27,28)19-12-18(30-14(19)2)20-22-15(3)29-24-20/h4-6,11-12,16H,7-10H2,1-3H3,(H,23,26). The maximum Gasteiger partial charge on any atom is 0.244 e. The van der Waals surface area contributed by atoms with Crippen molar-refractivity contribution in [1.82, 2.24) is 14.4 Å². The monoisotopic (exact) mass is 460 g/mol. The van der Waals surface area contributed by atoms with E-state index in [-0.39, 0.29) is 16.7 Å². The summed E-state index contributed by atoms with van der Waals surface area (Å²) in [4.78, 5) is 18.4. The zero-order chi connectivity index (χ0) is 22.2. The summed E-state index contributed by atoms with van der Waals surface area (Å²) in [6, 6.07) is 9.24. The molecule has 0 saturated carbocycles. The van der Waals surface area contributed by atoms with Gasteiger partial charge in [-0.3, -0.25) is 4.79 Å². The number of nitrogens with one attached hydrogen (secondary N) is 1. The van der Waals surface area contributed by atoms with E-state index in [9.17, 15) is 13.2 Å². The van der Waals surface area contributed by atoms with Crippen LogP contribution in [0.1, 0.15) is 29.2 Å². The third kappa shape index (κ3) is 4.56. The second-order valence-electron chi connectivity index (χ2n) is 7.71. The lowest BCUT2D eigenvalue weighted by molar-refractivity contribution is -0.120. The van der Waals surface area contributed by atoms with E-state index in [0.29, 0.717) is 47.4 Å². The molecule has 1 N–H and O–H groups in total. The number of aryl methyl sites for hydroxylation is 3. The molecule has 1 fully saturated rings. The minimum absolute atomic E-state index is 0.0656. The van der Waals surface area contributed by atoms with Crippen LogP contribution in [0.25, 0.3) is 10.7 Å². The highest BCUT2D eigenvalue weighted by atomic mass is 32.2. The third-order valence-electron chi connectivity index (χ3n) is 5.35. The number of aromatic nitrogens is 2. The Morgan fingerprint density at radius 3 is 2.58 bits per heavy atom. The second kappa shape index (κ2) is 8.52. The molecular formula is C21H24N4O4S2. The smallest absolute Gasteiger partial charge is 0.244 e. The van der Waals surface area contributed by atoms with Crippen molar-refractivity contribution in [2.24, 2.45) is 5.92 Å². The number of benzene rings is 1. The molecule has 0 spiro atoms. The Hall–Kier alpha value is -2.56. The van der Waals surface area contributed by atoms with Gasteiger partial charge in [-0.1, -0.05) is 17.3 Å². The Labute approximate surface area is 185 Å². The highest BCUT2D eigenvalue weighted by Crippen LogP contribution is 2.35. The summed E-state index contributed by atoms with van der Waals surface area (Å²) in [5.41, 5.74) is 1.83. The normalized spacial score (nSPS) is 15.8. The average Bonchev–Trinajstić information content (AvgIpc) is 3.34. The summed E-state index contributed by atoms with van der Waals surface area (Å²) in [5.74, 6) is 0.535. The summed E-state index contributed by atoms with van der Waals surface area (Å²) in [6.07, 6.45) is 0.966. The first-order chi connectivity index (χ1) is 14.7. The van der Waals surface area contributed by atoms with Gasteiger partial charge in [0.1, 0.15) is 0 Å². The van der Waals surface area contributed by atoms with Crippen LogP contribution in [0.3, 0.4) is 0 Å². The summed E-state index contributed by atoms with van der Waals surface area (Å²) >= 11 is 1.32. The Kier molecular flexibility index (Phi) is 5.96. The summed E-state index contributed by atoms with van der Waals surface area (Å²) < 4.78 is 32.9. The number of sulfonamides is 1. The number of anilines is 1. The molecule has 1 saturated heterocycles. The van der Waals surface area contributed by atoms with Gasteiger partial charge in [-0.05, 0) is 50.5 Å². The minimum Gasteiger partial charge on any atom is -0.339 e. The van der Waals surface area contributed by atoms with Gasteiger partial charge in [0.05, 0.1) is 9.77 Å². The predicted molar refractivity (Wildman–Crippen MR) is 118 cm³/mol. The SMILES string of the molecule is Cc1cccc(NC(=O)C2CCN(S(=O)(=O)c3cc(-c4noc(C)n4)sc3C)CC2)c1. The van der Waals surface area contributed by atoms with Crippen LogP contribution in [0.2, 0.25) is 0 Å². The number of nitrogens with zero attached hydrogens (tertiary/aromatic N) is 3. The lowest BCUT2D eigenvalue weighted by Crippen LogP contribution is -2.41. The molecule has 2 aromatic heterocycles. The maximum atomic E-state index is 13.2. The number of carbonyl (C=O) groups excluding carboxylic acids is 1. The lowest BCUT2D eigenvalue weighted by Gasteiger charge is -2.30. The van der Waals surface area contributed by atoms with E-state index >= 15 is 0 Å². The number of rotatable bonds is 5. The molecule has 1 aliphatic rings. The fourth-order valence-electron chi connectivity index (χ4n) is 3.70. The Morgan fingerprint density at radius 2 is 1.94 bits per heavy atom. The van der Waals surface area contributed by atoms with Crippen LogP contribution >= 0.6 is 11.3 Å². The van der Waals surface area contributed by atoms with E-state index in [0.717, 1.165) is 11.3 Å². The molecule has 0 atom stereocenters. The first kappa shape index (κ1) is 21.7. The van der Waals surface area contributed by atoms with Gasteiger partial charge in [0.2, 0.25) is 27.6 Å². The van der Waals surface area contributed by atoms with Gasteiger partial charge in [-0.2, -0.15) is 9.29 Å². The molecule has 1 aliphatic heterocycles. The zero-order valence-electron chi connectivity index (χ0n) is 17.6. The number of amides is 1. The van der Waals surface area contributed by atoms with Gasteiger partial charge in [0, 0.05) is 36.5 Å². The Balaban J connectivity index is 1.43. The number of carbonyl (C=O) groups is 1. The maximum absolute atomic E-state index is 13.2. The zero-order valence-corrected chi connectivity index (χ0v) is 19.2. The molecule has 4 rings (SSSR count). The van der Waals surface area contributed by atoms with Crippen molar-refractivity contribution in [3.8, 4) is 10.7 Å². The molecule has 1 aromatic carbocycles. The number of hydrogen-bond donors (Lipinski definition) is 1. The van der Waals surface area contributed by atoms with Crippen molar-refractivity contribution in [2.75, 3.05) is 18.4 Å². The molecule has 0 unspecified atom stereocenters. The highest BCUT2D eigenvalue weighted by molar-refractivity contribution is 7.89. The molecule has 0 radical (unpaired) electrons. The molecule has 0 bridgehead atoms. The first-order valence-electron chi connectivity index (χ1n) is 10.0. The third-order valence-corrected chi connectivity index (χ3v) is 8.55. The fourth-order valence-corrected chi connectivity index (χ4v) is 6.65. The molecule has 1 amide bonds. The summed E-state index contributed by atoms with van der Waals surface area (Å²) in [7, 11) is -3.66. The van der Waals surface area contributed by atoms with Crippen LogP contribution in [-0.4, -0.2) is 41.9 Å². The van der Waals surface area contributed by atoms with Crippen molar-refractivity contribution >= 4 is 33.0 Å². The van der Waals surface area contributed by atoms with Gasteiger partial charge < -0.3 is 9.84 Å². The number of piperidine rings is 1. The van der Waals surface area contributed by atoms with Crippen molar-refractivity contribution in [2.45, 2.75) is 38.5 Å². The van der Waals surface area contributed by atoms with Crippen LogP contribution in [0, 0.1) is 26.7 Å². The summed E-state index contributed by atoms with van der Waals surface area (Å²) in [5, 5.41) is 6.82. The highest BCUT2D eigenvalue weighted by Gasteiger charge is 2.34. The quantitative estimate of drug-likeness (QED) is 0.621. The molecule has 31 heavy (non-hydrogen) atoms. The molecular weight excluding hydrogens is 436 g/mol. The predicted octanol–water partition coefficient (Wildman–Crippen LogP) is 3.76. The number of hydrogen-bond acceptors (Lipinski definition) is 7. The van der Waals surface area contributed by atoms with Gasteiger partial charge in [-0.25, -0.2) is 8.42 Å². The molecule has 164 valence electrons. The van der Waals surface area contributed by atoms with Crippen molar-refractivity contribution in [3.05, 3.63) is 46.7 Å². The Morgan fingerprint density at radius 1 is 1.19 bits per heavy atom. The topological polar surface area (TPSA) is 105 Å². The molecule has 8 nitrogen and oxygen atoms in total. The Bertz CT molecular complexity index is 1210. The van der Waals surface area contributed by atoms with E-state index in [1.54, 1.807) is 19.9 Å². The lowest BCUT2D eigenvalue weighted by atomic mass is 9.97. The molecule has 3 aromatic rings. The molecule has 3 heterocycles. The van der Waals surface area contributed by atoms with Crippen LogP contribution in [0.4, 0.5) is 5.69 Å². The van der Waals surface area contributed by atoms with E-state index in [4.69, 9.17) is 4.52 Å². The number of thiophene rings is 1. The average molecular weight is 461 g/mol. The van der Waals surface area contributed by atoms with E-state index < -0.39 is 10.0 Å². The molecule has 0 aliphatic carbocycles. The van der Waals surface area contributed by atoms with Crippen molar-refractivity contribution in [3.63, 3.8) is 0 Å². The van der Waals surface area contributed by atoms with E-state index in [1.807, 2.05) is 31.2 Å². The first-order valence-corrected chi connectivity index (χ1v) is 12.3. The van der Waals surface area contributed by atoms with Crippen molar-refractivity contribution in [1.29, 1.82) is 0 Å². The van der Waals surface area contributed by atoms with Gasteiger partial charge in [0.25, 0.3) is 0 Å². The fraction of sp³-hybridized carbons (Fsp3) is 0.381.